The number of carbonyl (C=O) groups is 2. The second kappa shape index (κ2) is 7.58. The van der Waals surface area contributed by atoms with Gasteiger partial charge in [-0.3, -0.25) is 9.59 Å². The van der Waals surface area contributed by atoms with Crippen LogP contribution in [-0.2, 0) is 4.79 Å². The average Bonchev–Trinajstić information content (AvgIpc) is 3.41. The first-order chi connectivity index (χ1) is 13.2. The summed E-state index contributed by atoms with van der Waals surface area (Å²) in [7, 11) is 0. The SMILES string of the molecule is O=C(Nc1ccc(-n2cncn2)nc1)[C@@H]1CSCN1C(=O)c1ccccc1. The molecule has 0 unspecified atom stereocenters. The highest BCUT2D eigenvalue weighted by Crippen LogP contribution is 2.24. The molecule has 2 amide bonds. The van der Waals surface area contributed by atoms with E-state index >= 15 is 0 Å². The van der Waals surface area contributed by atoms with Gasteiger partial charge in [0, 0.05) is 11.3 Å². The van der Waals surface area contributed by atoms with Crippen LogP contribution in [0.4, 0.5) is 5.69 Å². The van der Waals surface area contributed by atoms with E-state index in [9.17, 15) is 9.59 Å². The number of carbonyl (C=O) groups excluding carboxylic acids is 2. The molecule has 0 saturated carbocycles. The Labute approximate surface area is 159 Å². The predicted molar refractivity (Wildman–Crippen MR) is 102 cm³/mol. The van der Waals surface area contributed by atoms with E-state index in [1.54, 1.807) is 53.5 Å². The number of hydrogen-bond acceptors (Lipinski definition) is 6. The molecule has 8 nitrogen and oxygen atoms in total. The van der Waals surface area contributed by atoms with E-state index in [1.165, 1.54) is 11.0 Å². The molecular formula is C18H16N6O2S. The number of rotatable bonds is 4. The van der Waals surface area contributed by atoms with Crippen LogP contribution < -0.4 is 5.32 Å². The van der Waals surface area contributed by atoms with Crippen LogP contribution in [0.3, 0.4) is 0 Å². The number of nitrogens with zero attached hydrogens (tertiary/aromatic N) is 5. The van der Waals surface area contributed by atoms with Crippen LogP contribution in [0, 0.1) is 0 Å². The number of hydrogen-bond donors (Lipinski definition) is 1. The minimum Gasteiger partial charge on any atom is -0.323 e. The quantitative estimate of drug-likeness (QED) is 0.742. The first-order valence-corrected chi connectivity index (χ1v) is 9.43. The van der Waals surface area contributed by atoms with Crippen LogP contribution >= 0.6 is 11.8 Å². The molecule has 1 saturated heterocycles. The monoisotopic (exact) mass is 380 g/mol. The highest BCUT2D eigenvalue weighted by atomic mass is 32.2. The van der Waals surface area contributed by atoms with E-state index < -0.39 is 6.04 Å². The fraction of sp³-hybridized carbons (Fsp3) is 0.167. The summed E-state index contributed by atoms with van der Waals surface area (Å²) in [4.78, 5) is 35.1. The Balaban J connectivity index is 1.45. The van der Waals surface area contributed by atoms with Crippen molar-refractivity contribution >= 4 is 29.3 Å². The van der Waals surface area contributed by atoms with Crippen molar-refractivity contribution in [3.05, 3.63) is 66.9 Å². The summed E-state index contributed by atoms with van der Waals surface area (Å²) in [5, 5.41) is 6.85. The van der Waals surface area contributed by atoms with Gasteiger partial charge in [0.2, 0.25) is 5.91 Å². The van der Waals surface area contributed by atoms with Gasteiger partial charge in [0.15, 0.2) is 5.82 Å². The third-order valence-electron chi connectivity index (χ3n) is 4.14. The summed E-state index contributed by atoms with van der Waals surface area (Å²) in [6.45, 7) is 0. The Bertz CT molecular complexity index is 930. The number of thioether (sulfide) groups is 1. The van der Waals surface area contributed by atoms with Crippen molar-refractivity contribution in [2.45, 2.75) is 6.04 Å². The molecule has 136 valence electrons. The van der Waals surface area contributed by atoms with Gasteiger partial charge in [0.05, 0.1) is 17.8 Å². The minimum atomic E-state index is -0.516. The second-order valence-corrected chi connectivity index (χ2v) is 6.89. The van der Waals surface area contributed by atoms with Gasteiger partial charge in [-0.25, -0.2) is 14.6 Å². The predicted octanol–water partition coefficient (Wildman–Crippen LogP) is 1.82. The number of pyridine rings is 1. The second-order valence-electron chi connectivity index (χ2n) is 5.89. The average molecular weight is 380 g/mol. The van der Waals surface area contributed by atoms with Crippen LogP contribution in [0.25, 0.3) is 5.82 Å². The highest BCUT2D eigenvalue weighted by molar-refractivity contribution is 7.99. The molecule has 1 aliphatic rings. The van der Waals surface area contributed by atoms with Gasteiger partial charge in [-0.05, 0) is 24.3 Å². The van der Waals surface area contributed by atoms with Gasteiger partial charge in [-0.2, -0.15) is 5.10 Å². The molecule has 0 aliphatic carbocycles. The third kappa shape index (κ3) is 3.68. The summed E-state index contributed by atoms with van der Waals surface area (Å²) in [5.41, 5.74) is 1.14. The molecule has 1 N–H and O–H groups in total. The molecule has 3 aromatic rings. The number of nitrogens with one attached hydrogen (secondary N) is 1. The summed E-state index contributed by atoms with van der Waals surface area (Å²) >= 11 is 1.56. The van der Waals surface area contributed by atoms with Crippen LogP contribution in [0.5, 0.6) is 0 Å². The zero-order chi connectivity index (χ0) is 18.6. The molecule has 1 fully saturated rings. The molecule has 1 aliphatic heterocycles. The van der Waals surface area contributed by atoms with E-state index in [-0.39, 0.29) is 11.8 Å². The topological polar surface area (TPSA) is 93.0 Å². The molecule has 27 heavy (non-hydrogen) atoms. The maximum atomic E-state index is 12.7. The van der Waals surface area contributed by atoms with Crippen molar-refractivity contribution in [1.82, 2.24) is 24.6 Å². The van der Waals surface area contributed by atoms with Crippen molar-refractivity contribution in [1.29, 1.82) is 0 Å². The van der Waals surface area contributed by atoms with Gasteiger partial charge in [-0.15, -0.1) is 11.8 Å². The minimum absolute atomic E-state index is 0.139. The molecule has 0 radical (unpaired) electrons. The van der Waals surface area contributed by atoms with Crippen LogP contribution in [0.2, 0.25) is 0 Å². The maximum absolute atomic E-state index is 12.7. The van der Waals surface area contributed by atoms with E-state index in [4.69, 9.17) is 0 Å². The summed E-state index contributed by atoms with van der Waals surface area (Å²) in [6.07, 6.45) is 4.53. The van der Waals surface area contributed by atoms with Gasteiger partial charge in [-0.1, -0.05) is 18.2 Å². The number of aromatic nitrogens is 4. The molecule has 0 spiro atoms. The molecule has 9 heteroatoms. The number of anilines is 1. The zero-order valence-corrected chi connectivity index (χ0v) is 15.0. The standard InChI is InChI=1S/C18H16N6O2S/c25-17(22-14-6-7-16(20-8-14)24-11-19-10-21-24)15-9-27-12-23(15)18(26)13-4-2-1-3-5-13/h1-8,10-11,15H,9,12H2,(H,22,25)/t15-/m0/s1. The van der Waals surface area contributed by atoms with Gasteiger partial charge < -0.3 is 10.2 Å². The first-order valence-electron chi connectivity index (χ1n) is 8.28. The summed E-state index contributed by atoms with van der Waals surface area (Å²) in [5.74, 6) is 1.30. The molecule has 1 aromatic carbocycles. The fourth-order valence-corrected chi connectivity index (χ4v) is 3.91. The molecular weight excluding hydrogens is 364 g/mol. The van der Waals surface area contributed by atoms with Gasteiger partial charge in [0.1, 0.15) is 18.7 Å². The van der Waals surface area contributed by atoms with Gasteiger partial charge in [0.25, 0.3) is 5.91 Å². The largest absolute Gasteiger partial charge is 0.323 e. The number of amides is 2. The molecule has 1 atom stereocenters. The first kappa shape index (κ1) is 17.2. The van der Waals surface area contributed by atoms with E-state index in [2.05, 4.69) is 20.4 Å². The van der Waals surface area contributed by atoms with Crippen molar-refractivity contribution in [3.8, 4) is 5.82 Å². The van der Waals surface area contributed by atoms with Crippen LogP contribution in [0.1, 0.15) is 10.4 Å². The van der Waals surface area contributed by atoms with Crippen LogP contribution in [0.15, 0.2) is 61.3 Å². The fourth-order valence-electron chi connectivity index (χ4n) is 2.75. The van der Waals surface area contributed by atoms with E-state index in [0.29, 0.717) is 28.7 Å². The lowest BCUT2D eigenvalue weighted by atomic mass is 10.1. The molecule has 3 heterocycles. The Morgan fingerprint density at radius 1 is 1.15 bits per heavy atom. The van der Waals surface area contributed by atoms with E-state index in [0.717, 1.165) is 0 Å². The van der Waals surface area contributed by atoms with Crippen LogP contribution in [-0.4, -0.2) is 54.1 Å². The Kier molecular flexibility index (Phi) is 4.84. The molecule has 2 aromatic heterocycles. The smallest absolute Gasteiger partial charge is 0.255 e. The number of benzene rings is 1. The highest BCUT2D eigenvalue weighted by Gasteiger charge is 2.35. The third-order valence-corrected chi connectivity index (χ3v) is 5.15. The molecule has 0 bridgehead atoms. The van der Waals surface area contributed by atoms with Crippen molar-refractivity contribution < 1.29 is 9.59 Å². The Morgan fingerprint density at radius 3 is 2.70 bits per heavy atom. The summed E-state index contributed by atoms with van der Waals surface area (Å²) < 4.78 is 1.53. The summed E-state index contributed by atoms with van der Waals surface area (Å²) in [6, 6.07) is 12.0. The lowest BCUT2D eigenvalue weighted by Gasteiger charge is -2.23. The zero-order valence-electron chi connectivity index (χ0n) is 14.2. The normalized spacial score (nSPS) is 16.3. The Hall–Kier alpha value is -3.20. The van der Waals surface area contributed by atoms with Gasteiger partial charge >= 0.3 is 0 Å². The van der Waals surface area contributed by atoms with E-state index in [1.807, 2.05) is 18.2 Å². The lowest BCUT2D eigenvalue weighted by Crippen LogP contribution is -2.44. The lowest BCUT2D eigenvalue weighted by molar-refractivity contribution is -0.119. The Morgan fingerprint density at radius 2 is 2.00 bits per heavy atom. The maximum Gasteiger partial charge on any atom is 0.255 e. The van der Waals surface area contributed by atoms with Crippen molar-refractivity contribution in [2.24, 2.45) is 0 Å². The van der Waals surface area contributed by atoms with Crippen molar-refractivity contribution in [3.63, 3.8) is 0 Å². The molecule has 4 rings (SSSR count). The van der Waals surface area contributed by atoms with Crippen molar-refractivity contribution in [2.75, 3.05) is 16.9 Å².